The number of carbonyl (C=O) groups excluding carboxylic acids is 3. The summed E-state index contributed by atoms with van der Waals surface area (Å²) in [6.07, 6.45) is 4.18. The normalized spacial score (nSPS) is 20.1. The minimum absolute atomic E-state index is 0.0617. The minimum Gasteiger partial charge on any atom is -0.468 e. The number of nitrogens with zero attached hydrogens (tertiary/aromatic N) is 7. The Morgan fingerprint density at radius 2 is 1.50 bits per heavy atom. The van der Waals surface area contributed by atoms with E-state index in [4.69, 9.17) is 33.7 Å². The zero-order valence-electron chi connectivity index (χ0n) is 43.0. The van der Waals surface area contributed by atoms with Crippen LogP contribution in [0.2, 0.25) is 0 Å². The maximum atomic E-state index is 17.7. The zero-order chi connectivity index (χ0) is 51.9. The summed E-state index contributed by atoms with van der Waals surface area (Å²) < 4.78 is 79.1. The molecule has 5 heterocycles. The van der Waals surface area contributed by atoms with Crippen molar-refractivity contribution in [1.29, 1.82) is 0 Å². The van der Waals surface area contributed by atoms with Crippen LogP contribution in [0.5, 0.6) is 11.8 Å². The van der Waals surface area contributed by atoms with E-state index in [0.717, 1.165) is 63.7 Å². The Bertz CT molecular complexity index is 2890. The van der Waals surface area contributed by atoms with Crippen LogP contribution in [0.25, 0.3) is 32.8 Å². The van der Waals surface area contributed by atoms with Crippen molar-refractivity contribution in [3.05, 3.63) is 89.2 Å². The monoisotopic (exact) mass is 1020 g/mol. The molecule has 2 bridgehead atoms. The summed E-state index contributed by atoms with van der Waals surface area (Å²) in [7, 11) is 1.47. The molecule has 2 atom stereocenters. The van der Waals surface area contributed by atoms with Crippen LogP contribution in [0.15, 0.2) is 60.7 Å². The fourth-order valence-corrected chi connectivity index (χ4v) is 11.4. The Labute approximate surface area is 429 Å². The van der Waals surface area contributed by atoms with E-state index in [0.29, 0.717) is 61.4 Å². The highest BCUT2D eigenvalue weighted by molar-refractivity contribution is 6.03. The lowest BCUT2D eigenvalue weighted by Crippen LogP contribution is -2.57. The molecule has 5 aromatic rings. The molecular formula is C56H66F3N7O8. The average molecular weight is 1020 g/mol. The van der Waals surface area contributed by atoms with Gasteiger partial charge in [0.05, 0.1) is 24.3 Å². The Balaban J connectivity index is 0.870. The number of hydrogen-bond acceptors (Lipinski definition) is 12. The van der Waals surface area contributed by atoms with E-state index in [2.05, 4.69) is 4.90 Å². The first-order chi connectivity index (χ1) is 35.6. The summed E-state index contributed by atoms with van der Waals surface area (Å²) in [6.45, 7) is 12.3. The molecule has 394 valence electrons. The van der Waals surface area contributed by atoms with E-state index in [1.165, 1.54) is 25.3 Å². The van der Waals surface area contributed by atoms with Crippen LogP contribution in [-0.4, -0.2) is 145 Å². The Morgan fingerprint density at radius 3 is 2.16 bits per heavy atom. The SMILES string of the molecule is CCc1c(F)ccc2cc(OCOC)cc(-c3c(F)cc4c(N5CC6CCC(C5)N6C(=O)OC(C)(C)C)nc(OCC5(CN6CCC(C(=O)N7CCN(C(=O)OCc8ccccc8)CC7)CC6)CC5)nc4c3F)c12. The number of hydrogen-bond donors (Lipinski definition) is 0. The second-order valence-corrected chi connectivity index (χ2v) is 21.6. The standard InChI is InChI=1S/C56H66F3N7O8/c1-6-41-44(57)15-12-37-26-40(73-34-70-5)27-42(46(37)41)47-45(58)28-43-49(48(47)59)60-52(61-50(43)65-29-38-13-14-39(30-65)66(38)54(69)74-55(2,3)4)72-33-56(18-19-56)32-62-20-16-36(17-21-62)51(67)63-22-24-64(25-23-63)53(68)71-31-35-10-8-7-9-11-35/h7-12,15,26-28,36,38-39H,6,13-14,16-25,29-34H2,1-5H3. The number of piperazine rings is 2. The van der Waals surface area contributed by atoms with E-state index in [1.54, 1.807) is 28.9 Å². The number of benzene rings is 4. The first-order valence-electron chi connectivity index (χ1n) is 26.0. The number of likely N-dealkylation sites (tertiary alicyclic amines) is 1. The number of amides is 3. The van der Waals surface area contributed by atoms with Gasteiger partial charge in [-0.25, -0.2) is 22.8 Å². The predicted molar refractivity (Wildman–Crippen MR) is 272 cm³/mol. The number of ether oxygens (including phenoxy) is 5. The first-order valence-corrected chi connectivity index (χ1v) is 26.0. The van der Waals surface area contributed by atoms with Gasteiger partial charge in [0, 0.05) is 69.6 Å². The fraction of sp³-hybridized carbons (Fsp3) is 0.518. The van der Waals surface area contributed by atoms with Crippen molar-refractivity contribution in [3.8, 4) is 22.9 Å². The molecule has 0 radical (unpaired) electrons. The maximum Gasteiger partial charge on any atom is 0.410 e. The van der Waals surface area contributed by atoms with Gasteiger partial charge in [-0.2, -0.15) is 9.97 Å². The van der Waals surface area contributed by atoms with E-state index in [9.17, 15) is 14.4 Å². The topological polar surface area (TPSA) is 139 Å². The molecule has 1 saturated carbocycles. The lowest BCUT2D eigenvalue weighted by molar-refractivity contribution is -0.138. The lowest BCUT2D eigenvalue weighted by Gasteiger charge is -2.42. The predicted octanol–water partition coefficient (Wildman–Crippen LogP) is 9.35. The van der Waals surface area contributed by atoms with Crippen LogP contribution in [-0.2, 0) is 32.0 Å². The van der Waals surface area contributed by atoms with Crippen LogP contribution < -0.4 is 14.4 Å². The summed E-state index contributed by atoms with van der Waals surface area (Å²) in [5, 5.41) is 1.04. The molecule has 2 unspecified atom stereocenters. The highest BCUT2D eigenvalue weighted by Gasteiger charge is 2.47. The molecule has 0 N–H and O–H groups in total. The number of carbonyl (C=O) groups is 3. The lowest BCUT2D eigenvalue weighted by atomic mass is 9.91. The highest BCUT2D eigenvalue weighted by Crippen LogP contribution is 2.48. The van der Waals surface area contributed by atoms with Gasteiger partial charge in [0.1, 0.15) is 40.9 Å². The molecule has 5 aliphatic rings. The van der Waals surface area contributed by atoms with E-state index in [-0.39, 0.29) is 90.1 Å². The van der Waals surface area contributed by atoms with Gasteiger partial charge in [0.25, 0.3) is 0 Å². The van der Waals surface area contributed by atoms with Crippen molar-refractivity contribution in [1.82, 2.24) is 29.6 Å². The van der Waals surface area contributed by atoms with Crippen LogP contribution in [0, 0.1) is 28.8 Å². The zero-order valence-corrected chi connectivity index (χ0v) is 43.0. The Morgan fingerprint density at radius 1 is 0.797 bits per heavy atom. The molecule has 1 aliphatic carbocycles. The molecule has 5 fully saturated rings. The summed E-state index contributed by atoms with van der Waals surface area (Å²) >= 11 is 0. The van der Waals surface area contributed by atoms with Crippen molar-refractivity contribution in [3.63, 3.8) is 0 Å². The molecule has 4 aliphatic heterocycles. The molecule has 1 aromatic heterocycles. The fourth-order valence-electron chi connectivity index (χ4n) is 11.4. The number of piperidine rings is 1. The third-order valence-corrected chi connectivity index (χ3v) is 15.4. The highest BCUT2D eigenvalue weighted by atomic mass is 19.1. The van der Waals surface area contributed by atoms with Crippen molar-refractivity contribution in [2.75, 3.05) is 84.3 Å². The molecule has 74 heavy (non-hydrogen) atoms. The van der Waals surface area contributed by atoms with Gasteiger partial charge in [-0.3, -0.25) is 9.69 Å². The van der Waals surface area contributed by atoms with Crippen molar-refractivity contribution < 1.29 is 51.2 Å². The average Bonchev–Trinajstić information content (AvgIpc) is 4.11. The molecule has 4 aromatic carbocycles. The summed E-state index contributed by atoms with van der Waals surface area (Å²) in [5.74, 6) is -1.74. The molecule has 4 saturated heterocycles. The van der Waals surface area contributed by atoms with Gasteiger partial charge in [0.15, 0.2) is 12.6 Å². The number of aromatic nitrogens is 2. The molecule has 15 nitrogen and oxygen atoms in total. The van der Waals surface area contributed by atoms with E-state index >= 15 is 13.2 Å². The first kappa shape index (κ1) is 51.1. The van der Waals surface area contributed by atoms with Crippen molar-refractivity contribution in [2.45, 2.75) is 96.9 Å². The molecule has 18 heteroatoms. The van der Waals surface area contributed by atoms with Gasteiger partial charge in [-0.05, 0) is 131 Å². The minimum atomic E-state index is -0.956. The molecule has 3 amide bonds. The number of methoxy groups -OCH3 is 1. The summed E-state index contributed by atoms with van der Waals surface area (Å²) in [6, 6.07) is 16.4. The second kappa shape index (κ2) is 21.1. The van der Waals surface area contributed by atoms with Gasteiger partial charge in [0.2, 0.25) is 5.91 Å². The number of halogens is 3. The number of aryl methyl sites for hydroxylation is 1. The second-order valence-electron chi connectivity index (χ2n) is 21.6. The summed E-state index contributed by atoms with van der Waals surface area (Å²) in [4.78, 5) is 59.2. The Hall–Kier alpha value is -6.40. The van der Waals surface area contributed by atoms with Crippen LogP contribution in [0.1, 0.15) is 77.3 Å². The largest absolute Gasteiger partial charge is 0.468 e. The van der Waals surface area contributed by atoms with E-state index < -0.39 is 34.7 Å². The molecule has 10 rings (SSSR count). The Kier molecular flexibility index (Phi) is 14.6. The number of anilines is 1. The van der Waals surface area contributed by atoms with E-state index in [1.807, 2.05) is 60.9 Å². The van der Waals surface area contributed by atoms with Gasteiger partial charge in [-0.15, -0.1) is 0 Å². The van der Waals surface area contributed by atoms with Crippen molar-refractivity contribution in [2.24, 2.45) is 11.3 Å². The summed E-state index contributed by atoms with van der Waals surface area (Å²) in [5.41, 5.74) is -0.116. The number of fused-ring (bicyclic) bond motifs is 4. The van der Waals surface area contributed by atoms with Crippen LogP contribution in [0.3, 0.4) is 0 Å². The van der Waals surface area contributed by atoms with Crippen LogP contribution in [0.4, 0.5) is 28.6 Å². The van der Waals surface area contributed by atoms with Crippen LogP contribution >= 0.6 is 0 Å². The smallest absolute Gasteiger partial charge is 0.410 e. The van der Waals surface area contributed by atoms with Gasteiger partial charge >= 0.3 is 18.2 Å². The molecular weight excluding hydrogens is 956 g/mol. The quantitative estimate of drug-likeness (QED) is 0.0980. The third kappa shape index (κ3) is 10.7. The molecule has 0 spiro atoms. The van der Waals surface area contributed by atoms with Gasteiger partial charge < -0.3 is 43.3 Å². The maximum absolute atomic E-state index is 17.7. The van der Waals surface area contributed by atoms with Gasteiger partial charge in [-0.1, -0.05) is 43.3 Å². The number of rotatable bonds is 14. The third-order valence-electron chi connectivity index (χ3n) is 15.4. The van der Waals surface area contributed by atoms with Crippen molar-refractivity contribution >= 4 is 45.6 Å².